The van der Waals surface area contributed by atoms with Gasteiger partial charge >= 0.3 is 5.97 Å². The standard InChI is InChI=1S/C15H19BrN2O3/c1-9(2)15(5-6-17-8-15)14(21)18-12-7-10(13(19)20)3-4-11(12)16/h3-4,7,9,17H,5-6,8H2,1-2H3,(H,18,21)(H,19,20). The number of hydrogen-bond donors (Lipinski definition) is 3. The predicted octanol–water partition coefficient (Wildman–Crippen LogP) is 2.72. The number of aromatic carboxylic acids is 1. The molecule has 1 aromatic rings. The third kappa shape index (κ3) is 3.11. The Morgan fingerprint density at radius 1 is 1.43 bits per heavy atom. The van der Waals surface area contributed by atoms with E-state index in [0.717, 1.165) is 13.0 Å². The molecule has 1 aromatic carbocycles. The Morgan fingerprint density at radius 2 is 2.14 bits per heavy atom. The second-order valence-corrected chi connectivity index (χ2v) is 6.55. The zero-order valence-electron chi connectivity index (χ0n) is 12.1. The minimum Gasteiger partial charge on any atom is -0.478 e. The second-order valence-electron chi connectivity index (χ2n) is 5.69. The lowest BCUT2D eigenvalue weighted by atomic mass is 9.75. The van der Waals surface area contributed by atoms with E-state index in [0.29, 0.717) is 16.7 Å². The number of carbonyl (C=O) groups excluding carboxylic acids is 1. The lowest BCUT2D eigenvalue weighted by Gasteiger charge is -2.31. The summed E-state index contributed by atoms with van der Waals surface area (Å²) in [6, 6.07) is 4.60. The van der Waals surface area contributed by atoms with Gasteiger partial charge in [0, 0.05) is 11.0 Å². The fraction of sp³-hybridized carbons (Fsp3) is 0.467. The van der Waals surface area contributed by atoms with Crippen LogP contribution in [0.3, 0.4) is 0 Å². The molecule has 0 radical (unpaired) electrons. The number of rotatable bonds is 4. The van der Waals surface area contributed by atoms with E-state index in [-0.39, 0.29) is 17.4 Å². The lowest BCUT2D eigenvalue weighted by Crippen LogP contribution is -2.42. The van der Waals surface area contributed by atoms with Gasteiger partial charge in [0.2, 0.25) is 5.91 Å². The highest BCUT2D eigenvalue weighted by molar-refractivity contribution is 9.10. The van der Waals surface area contributed by atoms with Crippen LogP contribution in [-0.4, -0.2) is 30.1 Å². The Kier molecular flexibility index (Phi) is 4.68. The van der Waals surface area contributed by atoms with Gasteiger partial charge in [-0.3, -0.25) is 4.79 Å². The van der Waals surface area contributed by atoms with Gasteiger partial charge in [-0.15, -0.1) is 0 Å². The van der Waals surface area contributed by atoms with Crippen LogP contribution in [0.15, 0.2) is 22.7 Å². The summed E-state index contributed by atoms with van der Waals surface area (Å²) in [5, 5.41) is 15.2. The Bertz CT molecular complexity index is 566. The van der Waals surface area contributed by atoms with Gasteiger partial charge in [0.15, 0.2) is 0 Å². The molecule has 2 rings (SSSR count). The van der Waals surface area contributed by atoms with Gasteiger partial charge in [0.25, 0.3) is 0 Å². The quantitative estimate of drug-likeness (QED) is 0.776. The molecule has 0 aromatic heterocycles. The summed E-state index contributed by atoms with van der Waals surface area (Å²) in [4.78, 5) is 23.7. The van der Waals surface area contributed by atoms with Crippen LogP contribution in [-0.2, 0) is 4.79 Å². The lowest BCUT2D eigenvalue weighted by molar-refractivity contribution is -0.126. The van der Waals surface area contributed by atoms with E-state index in [1.165, 1.54) is 12.1 Å². The van der Waals surface area contributed by atoms with Crippen molar-refractivity contribution in [1.82, 2.24) is 5.32 Å². The predicted molar refractivity (Wildman–Crippen MR) is 84.5 cm³/mol. The number of benzene rings is 1. The van der Waals surface area contributed by atoms with Crippen molar-refractivity contribution >= 4 is 33.5 Å². The second kappa shape index (κ2) is 6.15. The molecule has 1 aliphatic rings. The smallest absolute Gasteiger partial charge is 0.335 e. The number of nitrogens with one attached hydrogen (secondary N) is 2. The Balaban J connectivity index is 2.26. The maximum Gasteiger partial charge on any atom is 0.335 e. The Morgan fingerprint density at radius 3 is 2.67 bits per heavy atom. The summed E-state index contributed by atoms with van der Waals surface area (Å²) in [7, 11) is 0. The van der Waals surface area contributed by atoms with Gasteiger partial charge in [-0.1, -0.05) is 13.8 Å². The number of carboxylic acid groups (broad SMARTS) is 1. The fourth-order valence-electron chi connectivity index (χ4n) is 2.66. The molecular formula is C15H19BrN2O3. The van der Waals surface area contributed by atoms with Crippen LogP contribution in [0.2, 0.25) is 0 Å². The number of carbonyl (C=O) groups is 2. The summed E-state index contributed by atoms with van der Waals surface area (Å²) in [6.07, 6.45) is 0.784. The van der Waals surface area contributed by atoms with Crippen molar-refractivity contribution in [3.8, 4) is 0 Å². The molecule has 1 atom stereocenters. The summed E-state index contributed by atoms with van der Waals surface area (Å²) >= 11 is 3.35. The van der Waals surface area contributed by atoms with Crippen LogP contribution in [0.5, 0.6) is 0 Å². The summed E-state index contributed by atoms with van der Waals surface area (Å²) in [6.45, 7) is 5.54. The van der Waals surface area contributed by atoms with Gasteiger partial charge in [0.1, 0.15) is 0 Å². The summed E-state index contributed by atoms with van der Waals surface area (Å²) < 4.78 is 0.672. The zero-order valence-corrected chi connectivity index (χ0v) is 13.7. The van der Waals surface area contributed by atoms with Crippen LogP contribution >= 0.6 is 15.9 Å². The molecule has 1 saturated heterocycles. The van der Waals surface area contributed by atoms with Crippen molar-refractivity contribution in [3.05, 3.63) is 28.2 Å². The Labute approximate surface area is 132 Å². The number of anilines is 1. The first-order valence-electron chi connectivity index (χ1n) is 6.92. The number of amides is 1. The molecule has 0 saturated carbocycles. The van der Waals surface area contributed by atoms with Crippen LogP contribution in [0, 0.1) is 11.3 Å². The van der Waals surface area contributed by atoms with Crippen molar-refractivity contribution in [2.45, 2.75) is 20.3 Å². The normalized spacial score (nSPS) is 21.5. The van der Waals surface area contributed by atoms with E-state index < -0.39 is 11.4 Å². The molecule has 3 N–H and O–H groups in total. The topological polar surface area (TPSA) is 78.4 Å². The largest absolute Gasteiger partial charge is 0.478 e. The SMILES string of the molecule is CC(C)C1(C(=O)Nc2cc(C(=O)O)ccc2Br)CCNC1. The highest BCUT2D eigenvalue weighted by atomic mass is 79.9. The minimum atomic E-state index is -1.01. The van der Waals surface area contributed by atoms with E-state index in [1.54, 1.807) is 6.07 Å². The van der Waals surface area contributed by atoms with E-state index in [2.05, 4.69) is 26.6 Å². The van der Waals surface area contributed by atoms with Crippen molar-refractivity contribution < 1.29 is 14.7 Å². The minimum absolute atomic E-state index is 0.0641. The molecule has 0 spiro atoms. The van der Waals surface area contributed by atoms with Gasteiger partial charge in [0.05, 0.1) is 16.7 Å². The summed E-state index contributed by atoms with van der Waals surface area (Å²) in [5.41, 5.74) is 0.196. The van der Waals surface area contributed by atoms with E-state index in [1.807, 2.05) is 13.8 Å². The molecule has 114 valence electrons. The first kappa shape index (κ1) is 16.0. The Hall–Kier alpha value is -1.40. The third-order valence-corrected chi connectivity index (χ3v) is 4.90. The van der Waals surface area contributed by atoms with Gasteiger partial charge in [-0.25, -0.2) is 4.79 Å². The van der Waals surface area contributed by atoms with Gasteiger partial charge < -0.3 is 15.7 Å². The fourth-order valence-corrected chi connectivity index (χ4v) is 3.01. The van der Waals surface area contributed by atoms with E-state index in [9.17, 15) is 9.59 Å². The molecule has 6 heteroatoms. The average Bonchev–Trinajstić information content (AvgIpc) is 2.91. The molecule has 0 bridgehead atoms. The maximum atomic E-state index is 12.7. The molecular weight excluding hydrogens is 336 g/mol. The van der Waals surface area contributed by atoms with Crippen LogP contribution in [0.4, 0.5) is 5.69 Å². The van der Waals surface area contributed by atoms with Crippen LogP contribution in [0.25, 0.3) is 0 Å². The van der Waals surface area contributed by atoms with Crippen molar-refractivity contribution in [2.75, 3.05) is 18.4 Å². The average molecular weight is 355 g/mol. The molecule has 1 unspecified atom stereocenters. The zero-order chi connectivity index (χ0) is 15.6. The van der Waals surface area contributed by atoms with Crippen LogP contribution in [0.1, 0.15) is 30.6 Å². The first-order chi connectivity index (χ1) is 9.86. The van der Waals surface area contributed by atoms with E-state index >= 15 is 0 Å². The van der Waals surface area contributed by atoms with Crippen LogP contribution < -0.4 is 10.6 Å². The van der Waals surface area contributed by atoms with Gasteiger partial charge in [-0.2, -0.15) is 0 Å². The van der Waals surface area contributed by atoms with Crippen molar-refractivity contribution in [1.29, 1.82) is 0 Å². The number of carboxylic acids is 1. The molecule has 1 fully saturated rings. The van der Waals surface area contributed by atoms with Crippen molar-refractivity contribution in [3.63, 3.8) is 0 Å². The number of halogens is 1. The first-order valence-corrected chi connectivity index (χ1v) is 7.71. The molecule has 1 heterocycles. The highest BCUT2D eigenvalue weighted by Gasteiger charge is 2.44. The summed E-state index contributed by atoms with van der Waals surface area (Å²) in [5.74, 6) is -0.876. The molecule has 0 aliphatic carbocycles. The third-order valence-electron chi connectivity index (χ3n) is 4.21. The molecule has 5 nitrogen and oxygen atoms in total. The number of hydrogen-bond acceptors (Lipinski definition) is 3. The molecule has 1 amide bonds. The van der Waals surface area contributed by atoms with Gasteiger partial charge in [-0.05, 0) is 53.0 Å². The molecule has 21 heavy (non-hydrogen) atoms. The van der Waals surface area contributed by atoms with Crippen molar-refractivity contribution in [2.24, 2.45) is 11.3 Å². The monoisotopic (exact) mass is 354 g/mol. The highest BCUT2D eigenvalue weighted by Crippen LogP contribution is 2.36. The van der Waals surface area contributed by atoms with E-state index in [4.69, 9.17) is 5.11 Å². The molecule has 1 aliphatic heterocycles. The maximum absolute atomic E-state index is 12.7.